The van der Waals surface area contributed by atoms with Gasteiger partial charge in [0.25, 0.3) is 5.91 Å². The topological polar surface area (TPSA) is 96.0 Å². The number of ether oxygens (including phenoxy) is 1. The highest BCUT2D eigenvalue weighted by atomic mass is 35.5. The predicted molar refractivity (Wildman–Crippen MR) is 86.1 cm³/mol. The maximum Gasteiger partial charge on any atom is 0.256 e. The maximum atomic E-state index is 11.4. The molecular formula is C15H23ClN2O4. The Morgan fingerprint density at radius 3 is 2.73 bits per heavy atom. The van der Waals surface area contributed by atoms with Crippen molar-refractivity contribution in [1.29, 1.82) is 0 Å². The van der Waals surface area contributed by atoms with Gasteiger partial charge >= 0.3 is 0 Å². The van der Waals surface area contributed by atoms with Gasteiger partial charge in [-0.05, 0) is 38.4 Å². The van der Waals surface area contributed by atoms with Crippen LogP contribution in [0.3, 0.4) is 0 Å². The summed E-state index contributed by atoms with van der Waals surface area (Å²) >= 11 is 0. The first-order valence-corrected chi connectivity index (χ1v) is 7.15. The minimum absolute atomic E-state index is 0. The molecule has 0 saturated carbocycles. The number of likely N-dealkylation sites (N-methyl/N-ethyl adjacent to an activating group) is 1. The summed E-state index contributed by atoms with van der Waals surface area (Å²) in [6, 6.07) is 1.73. The van der Waals surface area contributed by atoms with Gasteiger partial charge in [-0.1, -0.05) is 6.92 Å². The molecule has 0 aromatic heterocycles. The average molecular weight is 331 g/mol. The van der Waals surface area contributed by atoms with E-state index in [1.807, 2.05) is 0 Å². The predicted octanol–water partition coefficient (Wildman–Crippen LogP) is 1.65. The number of aromatic hydroxyl groups is 2. The Balaban J connectivity index is 0.00000242. The van der Waals surface area contributed by atoms with E-state index < -0.39 is 5.91 Å². The van der Waals surface area contributed by atoms with Crippen LogP contribution in [-0.4, -0.2) is 47.3 Å². The highest BCUT2D eigenvalue weighted by Crippen LogP contribution is 2.40. The van der Waals surface area contributed by atoms with Crippen LogP contribution in [0.2, 0.25) is 0 Å². The minimum Gasteiger partial charge on any atom is -0.507 e. The van der Waals surface area contributed by atoms with Crippen LogP contribution in [-0.2, 0) is 6.42 Å². The van der Waals surface area contributed by atoms with Crippen molar-refractivity contribution < 1.29 is 19.7 Å². The van der Waals surface area contributed by atoms with E-state index in [1.54, 1.807) is 0 Å². The minimum atomic E-state index is -0.831. The fraction of sp³-hybridized carbons (Fsp3) is 0.533. The number of nitrogens with zero attached hydrogens (tertiary/aromatic N) is 1. The van der Waals surface area contributed by atoms with Crippen LogP contribution in [0.25, 0.3) is 0 Å². The van der Waals surface area contributed by atoms with Crippen LogP contribution in [0, 0.1) is 0 Å². The molecule has 1 amide bonds. The van der Waals surface area contributed by atoms with Crippen LogP contribution in [0.4, 0.5) is 0 Å². The molecule has 7 heteroatoms. The molecule has 1 aromatic carbocycles. The van der Waals surface area contributed by atoms with Gasteiger partial charge in [0.15, 0.2) is 11.5 Å². The van der Waals surface area contributed by atoms with E-state index in [1.165, 1.54) is 13.2 Å². The van der Waals surface area contributed by atoms with Crippen molar-refractivity contribution in [3.8, 4) is 17.2 Å². The molecule has 1 unspecified atom stereocenters. The third-order valence-electron chi connectivity index (χ3n) is 4.12. The summed E-state index contributed by atoms with van der Waals surface area (Å²) in [6.45, 7) is 4.10. The maximum absolute atomic E-state index is 11.4. The summed E-state index contributed by atoms with van der Waals surface area (Å²) < 4.78 is 5.05. The van der Waals surface area contributed by atoms with Crippen LogP contribution >= 0.6 is 12.4 Å². The first-order chi connectivity index (χ1) is 9.99. The zero-order valence-corrected chi connectivity index (χ0v) is 13.7. The summed E-state index contributed by atoms with van der Waals surface area (Å²) in [5, 5.41) is 20.3. The number of primary amides is 1. The Kier molecular flexibility index (Phi) is 6.32. The number of hydrogen-bond donors (Lipinski definition) is 3. The van der Waals surface area contributed by atoms with Gasteiger partial charge in [0.05, 0.1) is 7.11 Å². The molecule has 1 aliphatic heterocycles. The number of methoxy groups -OCH3 is 1. The summed E-state index contributed by atoms with van der Waals surface area (Å²) in [7, 11) is 1.33. The van der Waals surface area contributed by atoms with Crippen LogP contribution in [0.5, 0.6) is 17.2 Å². The highest BCUT2D eigenvalue weighted by Gasteiger charge is 2.27. The second-order valence-corrected chi connectivity index (χ2v) is 5.30. The van der Waals surface area contributed by atoms with Crippen molar-refractivity contribution in [2.45, 2.75) is 32.2 Å². The summed E-state index contributed by atoms with van der Waals surface area (Å²) in [6.07, 6.45) is 2.78. The molecule has 4 N–H and O–H groups in total. The molecule has 1 saturated heterocycles. The molecule has 1 atom stereocenters. The van der Waals surface area contributed by atoms with Crippen molar-refractivity contribution in [2.24, 2.45) is 5.73 Å². The molecule has 0 spiro atoms. The molecule has 124 valence electrons. The Labute approximate surface area is 136 Å². The standard InChI is InChI=1S/C15H22N2O4.ClH/c1-3-17-6-4-5-10(17)7-9-8-11(18)12(15(16)20)14(21-2)13(9)19;/h8,10,18-19H,3-7H2,1-2H3,(H2,16,20);1H. The number of phenols is 2. The molecule has 1 heterocycles. The van der Waals surface area contributed by atoms with Crippen LogP contribution in [0.15, 0.2) is 6.07 Å². The van der Waals surface area contributed by atoms with Crippen molar-refractivity contribution in [2.75, 3.05) is 20.2 Å². The molecule has 1 aromatic rings. The molecular weight excluding hydrogens is 308 g/mol. The first kappa shape index (κ1) is 18.4. The Bertz CT molecular complexity index is 551. The fourth-order valence-corrected chi connectivity index (χ4v) is 3.08. The lowest BCUT2D eigenvalue weighted by Gasteiger charge is -2.23. The van der Waals surface area contributed by atoms with Crippen LogP contribution in [0.1, 0.15) is 35.7 Å². The number of likely N-dealkylation sites (tertiary alicyclic amines) is 1. The number of phenolic OH excluding ortho intramolecular Hbond substituents is 1. The van der Waals surface area contributed by atoms with E-state index in [9.17, 15) is 15.0 Å². The largest absolute Gasteiger partial charge is 0.507 e. The SMILES string of the molecule is CCN1CCCC1Cc1cc(O)c(C(N)=O)c(OC)c1O.Cl. The Hall–Kier alpha value is -1.66. The highest BCUT2D eigenvalue weighted by molar-refractivity contribution is 5.99. The lowest BCUT2D eigenvalue weighted by molar-refractivity contribution is 0.0994. The summed E-state index contributed by atoms with van der Waals surface area (Å²) in [4.78, 5) is 13.7. The quantitative estimate of drug-likeness (QED) is 0.713. The second kappa shape index (κ2) is 7.56. The number of hydrogen-bond acceptors (Lipinski definition) is 5. The molecule has 1 fully saturated rings. The molecule has 22 heavy (non-hydrogen) atoms. The third-order valence-corrected chi connectivity index (χ3v) is 4.12. The molecule has 6 nitrogen and oxygen atoms in total. The monoisotopic (exact) mass is 330 g/mol. The zero-order valence-electron chi connectivity index (χ0n) is 12.8. The number of halogens is 1. The van der Waals surface area contributed by atoms with E-state index in [-0.39, 0.29) is 35.2 Å². The van der Waals surface area contributed by atoms with Crippen molar-refractivity contribution in [1.82, 2.24) is 4.90 Å². The van der Waals surface area contributed by atoms with E-state index in [0.717, 1.165) is 25.9 Å². The number of carbonyl (C=O) groups is 1. The molecule has 2 rings (SSSR count). The summed E-state index contributed by atoms with van der Waals surface area (Å²) in [5.41, 5.74) is 5.61. The lowest BCUT2D eigenvalue weighted by Crippen LogP contribution is -2.30. The van der Waals surface area contributed by atoms with E-state index in [4.69, 9.17) is 10.5 Å². The average Bonchev–Trinajstić information content (AvgIpc) is 2.88. The second-order valence-electron chi connectivity index (χ2n) is 5.30. The first-order valence-electron chi connectivity index (χ1n) is 7.15. The van der Waals surface area contributed by atoms with Crippen molar-refractivity contribution >= 4 is 18.3 Å². The molecule has 0 radical (unpaired) electrons. The molecule has 0 bridgehead atoms. The molecule has 1 aliphatic rings. The van der Waals surface area contributed by atoms with Crippen LogP contribution < -0.4 is 10.5 Å². The van der Waals surface area contributed by atoms with Gasteiger partial charge in [0.1, 0.15) is 11.3 Å². The number of carbonyl (C=O) groups excluding carboxylic acids is 1. The number of benzene rings is 1. The van der Waals surface area contributed by atoms with Gasteiger partial charge in [-0.25, -0.2) is 0 Å². The van der Waals surface area contributed by atoms with Gasteiger partial charge in [-0.2, -0.15) is 0 Å². The van der Waals surface area contributed by atoms with Gasteiger partial charge in [-0.15, -0.1) is 12.4 Å². The van der Waals surface area contributed by atoms with E-state index in [2.05, 4.69) is 11.8 Å². The number of amides is 1. The van der Waals surface area contributed by atoms with E-state index >= 15 is 0 Å². The summed E-state index contributed by atoms with van der Waals surface area (Å²) in [5.74, 6) is -1.26. The molecule has 0 aliphatic carbocycles. The Morgan fingerprint density at radius 2 is 2.18 bits per heavy atom. The van der Waals surface area contributed by atoms with Crippen molar-refractivity contribution in [3.63, 3.8) is 0 Å². The van der Waals surface area contributed by atoms with E-state index in [0.29, 0.717) is 18.0 Å². The van der Waals surface area contributed by atoms with Gasteiger partial charge in [-0.3, -0.25) is 4.79 Å². The van der Waals surface area contributed by atoms with Crippen molar-refractivity contribution in [3.05, 3.63) is 17.2 Å². The third kappa shape index (κ3) is 3.39. The lowest BCUT2D eigenvalue weighted by atomic mass is 9.99. The normalized spacial score (nSPS) is 18.0. The van der Waals surface area contributed by atoms with Gasteiger partial charge in [0, 0.05) is 11.6 Å². The van der Waals surface area contributed by atoms with Gasteiger partial charge in [0.2, 0.25) is 0 Å². The number of rotatable bonds is 5. The zero-order chi connectivity index (χ0) is 15.6. The fourth-order valence-electron chi connectivity index (χ4n) is 3.08. The Morgan fingerprint density at radius 1 is 1.50 bits per heavy atom. The van der Waals surface area contributed by atoms with Gasteiger partial charge < -0.3 is 25.6 Å². The smallest absolute Gasteiger partial charge is 0.256 e. The number of nitrogens with two attached hydrogens (primary N) is 1.